The van der Waals surface area contributed by atoms with Crippen LogP contribution in [0.25, 0.3) is 0 Å². The smallest absolute Gasteiger partial charge is 0.178 e. The molecule has 1 heterocycles. The lowest BCUT2D eigenvalue weighted by Gasteiger charge is -2.63. The van der Waals surface area contributed by atoms with Crippen LogP contribution in [-0.4, -0.2) is 63.8 Å². The van der Waals surface area contributed by atoms with Crippen LogP contribution in [0.1, 0.15) is 44.2 Å². The highest BCUT2D eigenvalue weighted by atomic mass is 32.2. The van der Waals surface area contributed by atoms with Crippen LogP contribution in [0.3, 0.4) is 0 Å². The summed E-state index contributed by atoms with van der Waals surface area (Å²) < 4.78 is 33.3. The minimum atomic E-state index is -2.16. The number of thioether (sulfide) groups is 1. The van der Waals surface area contributed by atoms with Gasteiger partial charge in [-0.25, -0.2) is 8.78 Å². The molecule has 1 aromatic carbocycles. The van der Waals surface area contributed by atoms with E-state index in [9.17, 15) is 14.7 Å². The molecule has 1 saturated heterocycles. The molecule has 9 atom stereocenters. The topological polar surface area (TPSA) is 66.8 Å². The number of carbonyl (C=O) groups excluding carboxylic acids is 2. The van der Waals surface area contributed by atoms with Crippen LogP contribution in [0, 0.1) is 35.5 Å². The summed E-state index contributed by atoms with van der Waals surface area (Å²) in [5.74, 6) is -1.52. The number of ketones is 2. The van der Waals surface area contributed by atoms with Gasteiger partial charge in [-0.15, -0.1) is 0 Å². The Kier molecular flexibility index (Phi) is 6.35. The molecule has 5 aliphatic rings. The third kappa shape index (κ3) is 3.53. The molecule has 1 aliphatic heterocycles. The number of Topliss-reactive ketones (excluding diaryl/α,β-unsaturated/α-hetero) is 1. The Morgan fingerprint density at radius 1 is 1.21 bits per heavy atom. The van der Waals surface area contributed by atoms with Crippen LogP contribution in [0.15, 0.2) is 48.1 Å². The molecular weight excluding hydrogens is 520 g/mol. The van der Waals surface area contributed by atoms with E-state index in [0.29, 0.717) is 19.5 Å². The lowest BCUT2D eigenvalue weighted by atomic mass is 9.44. The van der Waals surface area contributed by atoms with Gasteiger partial charge in [0.05, 0.1) is 11.9 Å². The number of fused-ring (bicyclic) bond motifs is 7. The number of hydrogen-bond acceptors (Lipinski definition) is 6. The molecule has 5 nitrogen and oxygen atoms in total. The van der Waals surface area contributed by atoms with Crippen molar-refractivity contribution in [1.82, 2.24) is 5.06 Å². The second-order valence-corrected chi connectivity index (χ2v) is 13.6. The average Bonchev–Trinajstić information content (AvgIpc) is 3.36. The predicted octanol–water partition coefficient (Wildman–Crippen LogP) is 4.96. The van der Waals surface area contributed by atoms with Crippen molar-refractivity contribution in [1.29, 1.82) is 0 Å². The molecule has 0 unspecified atom stereocenters. The number of aliphatic hydroxyl groups is 1. The normalized spacial score (nSPS) is 44.8. The van der Waals surface area contributed by atoms with Gasteiger partial charge in [0.15, 0.2) is 22.8 Å². The highest BCUT2D eigenvalue weighted by Crippen LogP contribution is 2.72. The van der Waals surface area contributed by atoms with Gasteiger partial charge in [0.25, 0.3) is 0 Å². The zero-order valence-corrected chi connectivity index (χ0v) is 23.8. The Bertz CT molecular complexity index is 1270. The molecule has 0 radical (unpaired) electrons. The number of alkyl halides is 2. The largest absolute Gasteiger partial charge is 0.390 e. The number of aliphatic hydroxyl groups excluding tert-OH is 1. The van der Waals surface area contributed by atoms with Gasteiger partial charge in [-0.2, -0.15) is 16.8 Å². The van der Waals surface area contributed by atoms with Crippen molar-refractivity contribution < 1.29 is 28.3 Å². The fourth-order valence-electron chi connectivity index (χ4n) is 9.05. The van der Waals surface area contributed by atoms with Gasteiger partial charge in [-0.05, 0) is 68.6 Å². The van der Waals surface area contributed by atoms with Gasteiger partial charge in [-0.1, -0.05) is 42.8 Å². The van der Waals surface area contributed by atoms with Crippen molar-refractivity contribution in [2.24, 2.45) is 28.6 Å². The SMILES string of the molecule is CSCC(=O)[C@@]12ON(Cc3ccc(C)cc3)C[C@@H]1C[C@H]1[C@@H]3C[C@H](F)C4=CC(=O)C=C[C@]4(C)[C@@]3(F)[C@@H](O)C[C@@]12C. The third-order valence-electron chi connectivity index (χ3n) is 10.8. The quantitative estimate of drug-likeness (QED) is 0.552. The van der Waals surface area contributed by atoms with Crippen molar-refractivity contribution >= 4 is 23.3 Å². The summed E-state index contributed by atoms with van der Waals surface area (Å²) in [6.07, 6.45) is 3.32. The molecule has 6 rings (SSSR count). The Balaban J connectivity index is 1.40. The maximum absolute atomic E-state index is 17.5. The zero-order valence-electron chi connectivity index (χ0n) is 23.0. The van der Waals surface area contributed by atoms with Crippen LogP contribution >= 0.6 is 11.8 Å². The van der Waals surface area contributed by atoms with E-state index in [0.717, 1.165) is 11.1 Å². The molecule has 0 bridgehead atoms. The first-order chi connectivity index (χ1) is 18.4. The summed E-state index contributed by atoms with van der Waals surface area (Å²) in [6.45, 7) is 6.62. The highest BCUT2D eigenvalue weighted by Gasteiger charge is 2.79. The van der Waals surface area contributed by atoms with E-state index in [2.05, 4.69) is 0 Å². The Morgan fingerprint density at radius 2 is 1.92 bits per heavy atom. The number of allylic oxidation sites excluding steroid dienone is 4. The van der Waals surface area contributed by atoms with Gasteiger partial charge >= 0.3 is 0 Å². The van der Waals surface area contributed by atoms with Crippen molar-refractivity contribution in [3.8, 4) is 0 Å². The first-order valence-corrected chi connectivity index (χ1v) is 15.3. The summed E-state index contributed by atoms with van der Waals surface area (Å²) >= 11 is 1.43. The number of nitrogens with zero attached hydrogens (tertiary/aromatic N) is 1. The lowest BCUT2D eigenvalue weighted by Crippen LogP contribution is -2.70. The fourth-order valence-corrected chi connectivity index (χ4v) is 9.53. The summed E-state index contributed by atoms with van der Waals surface area (Å²) in [5, 5.41) is 13.5. The van der Waals surface area contributed by atoms with Crippen molar-refractivity contribution in [2.45, 2.75) is 70.1 Å². The van der Waals surface area contributed by atoms with Gasteiger partial charge < -0.3 is 5.11 Å². The van der Waals surface area contributed by atoms with E-state index in [1.54, 1.807) is 6.92 Å². The Hall–Kier alpha value is -1.87. The second-order valence-electron chi connectivity index (χ2n) is 12.8. The van der Waals surface area contributed by atoms with E-state index in [-0.39, 0.29) is 47.6 Å². The summed E-state index contributed by atoms with van der Waals surface area (Å²) in [7, 11) is 0. The van der Waals surface area contributed by atoms with Crippen molar-refractivity contribution in [2.75, 3.05) is 18.6 Å². The molecule has 1 N–H and O–H groups in total. The molecule has 0 spiro atoms. The predicted molar refractivity (Wildman–Crippen MR) is 146 cm³/mol. The van der Waals surface area contributed by atoms with Gasteiger partial charge in [0.2, 0.25) is 0 Å². The number of benzene rings is 1. The second kappa shape index (κ2) is 9.07. The van der Waals surface area contributed by atoms with E-state index < -0.39 is 40.3 Å². The average molecular weight is 558 g/mol. The van der Waals surface area contributed by atoms with Gasteiger partial charge in [-0.3, -0.25) is 14.4 Å². The number of carbonyl (C=O) groups is 2. The zero-order chi connectivity index (χ0) is 28.0. The third-order valence-corrected chi connectivity index (χ3v) is 11.4. The van der Waals surface area contributed by atoms with E-state index >= 15 is 8.78 Å². The first kappa shape index (κ1) is 27.3. The molecular formula is C31H37F2NO4S. The number of rotatable bonds is 5. The molecule has 4 fully saturated rings. The monoisotopic (exact) mass is 557 g/mol. The maximum atomic E-state index is 17.5. The van der Waals surface area contributed by atoms with Crippen molar-refractivity contribution in [3.63, 3.8) is 0 Å². The summed E-state index contributed by atoms with van der Waals surface area (Å²) in [4.78, 5) is 32.8. The van der Waals surface area contributed by atoms with Gasteiger partial charge in [0.1, 0.15) is 6.17 Å². The minimum absolute atomic E-state index is 0.0290. The molecule has 8 heteroatoms. The first-order valence-electron chi connectivity index (χ1n) is 13.9. The van der Waals surface area contributed by atoms with Crippen LogP contribution in [-0.2, 0) is 21.0 Å². The van der Waals surface area contributed by atoms with Crippen LogP contribution in [0.4, 0.5) is 8.78 Å². The molecule has 4 aliphatic carbocycles. The molecule has 210 valence electrons. The lowest BCUT2D eigenvalue weighted by molar-refractivity contribution is -0.268. The Labute approximate surface area is 233 Å². The van der Waals surface area contributed by atoms with Crippen molar-refractivity contribution in [3.05, 3.63) is 59.2 Å². The molecule has 3 saturated carbocycles. The number of hydrogen-bond donors (Lipinski definition) is 1. The van der Waals surface area contributed by atoms with E-state index in [4.69, 9.17) is 4.84 Å². The van der Waals surface area contributed by atoms with E-state index in [1.165, 1.54) is 30.0 Å². The molecule has 0 aromatic heterocycles. The van der Waals surface area contributed by atoms with Crippen LogP contribution in [0.5, 0.6) is 0 Å². The maximum Gasteiger partial charge on any atom is 0.178 e. The summed E-state index contributed by atoms with van der Waals surface area (Å²) in [5.41, 5.74) is -3.34. The summed E-state index contributed by atoms with van der Waals surface area (Å²) in [6, 6.07) is 8.19. The van der Waals surface area contributed by atoms with Crippen LogP contribution < -0.4 is 0 Å². The van der Waals surface area contributed by atoms with Gasteiger partial charge in [0, 0.05) is 35.8 Å². The van der Waals surface area contributed by atoms with E-state index in [1.807, 2.05) is 49.4 Å². The molecule has 0 amide bonds. The number of hydroxylamine groups is 2. The van der Waals surface area contributed by atoms with Crippen LogP contribution in [0.2, 0.25) is 0 Å². The fraction of sp³-hybridized carbons (Fsp3) is 0.613. The number of aryl methyl sites for hydroxylation is 1. The Morgan fingerprint density at radius 3 is 2.62 bits per heavy atom. The number of halogens is 2. The standard InChI is InChI=1S/C31H37F2NO4S/c1-18-5-7-19(8-6-18)15-34-16-20-11-22-23-13-25(32)24-12-21(35)9-10-28(24,2)30(23,33)26(36)14-29(22,3)31(20,38-34)27(37)17-39-4/h5-10,12,20,22-23,25-26,36H,11,13-17H2,1-4H3/t20-,22-,23-,25-,26-,28-,29-,30-,31-/m0/s1. The highest BCUT2D eigenvalue weighted by molar-refractivity contribution is 7.99. The minimum Gasteiger partial charge on any atom is -0.390 e. The molecule has 1 aromatic rings. The molecule has 39 heavy (non-hydrogen) atoms.